The van der Waals surface area contributed by atoms with Crippen molar-refractivity contribution in [3.63, 3.8) is 0 Å². The highest BCUT2D eigenvalue weighted by atomic mass is 16.5. The fourth-order valence-electron chi connectivity index (χ4n) is 2.06. The summed E-state index contributed by atoms with van der Waals surface area (Å²) in [6.45, 7) is 6.45. The maximum Gasteiger partial charge on any atom is 0.233 e. The average molecular weight is 223 g/mol. The molecule has 0 bridgehead atoms. The molecule has 1 aliphatic heterocycles. The first-order chi connectivity index (χ1) is 7.70. The number of likely N-dealkylation sites (tertiary alicyclic amines) is 1. The molecule has 2 heterocycles. The van der Waals surface area contributed by atoms with Crippen LogP contribution in [0.3, 0.4) is 0 Å². The second-order valence-electron chi connectivity index (χ2n) is 4.49. The molecule has 16 heavy (non-hydrogen) atoms. The van der Waals surface area contributed by atoms with E-state index in [9.17, 15) is 4.79 Å². The van der Waals surface area contributed by atoms with Gasteiger partial charge in [0.15, 0.2) is 5.82 Å². The molecule has 1 aromatic rings. The van der Waals surface area contributed by atoms with Gasteiger partial charge in [0.2, 0.25) is 5.89 Å². The molecule has 1 atom stereocenters. The molecule has 0 saturated carbocycles. The minimum atomic E-state index is 0.216. The summed E-state index contributed by atoms with van der Waals surface area (Å²) in [5.41, 5.74) is 0. The van der Waals surface area contributed by atoms with Crippen LogP contribution >= 0.6 is 0 Å². The van der Waals surface area contributed by atoms with E-state index in [1.165, 1.54) is 0 Å². The first-order valence-electron chi connectivity index (χ1n) is 5.71. The van der Waals surface area contributed by atoms with E-state index in [-0.39, 0.29) is 6.42 Å². The van der Waals surface area contributed by atoms with E-state index in [4.69, 9.17) is 4.52 Å². The number of nitrogens with zero attached hydrogens (tertiary/aromatic N) is 3. The second kappa shape index (κ2) is 4.74. The Morgan fingerprint density at radius 1 is 1.62 bits per heavy atom. The quantitative estimate of drug-likeness (QED) is 0.713. The number of hydrogen-bond donors (Lipinski definition) is 0. The SMILES string of the molecule is CC(C)N1CCC(c2noc(CC=O)n2)C1. The molecular weight excluding hydrogens is 206 g/mol. The predicted octanol–water partition coefficient (Wildman–Crippen LogP) is 1.01. The molecule has 1 saturated heterocycles. The fraction of sp³-hybridized carbons (Fsp3) is 0.727. The van der Waals surface area contributed by atoms with Gasteiger partial charge in [0.25, 0.3) is 0 Å². The lowest BCUT2D eigenvalue weighted by atomic mass is 10.1. The Hall–Kier alpha value is -1.23. The molecule has 1 aromatic heterocycles. The highest BCUT2D eigenvalue weighted by Crippen LogP contribution is 2.26. The van der Waals surface area contributed by atoms with Gasteiger partial charge in [-0.05, 0) is 26.8 Å². The molecule has 0 aliphatic carbocycles. The summed E-state index contributed by atoms with van der Waals surface area (Å²) in [7, 11) is 0. The van der Waals surface area contributed by atoms with Crippen LogP contribution < -0.4 is 0 Å². The summed E-state index contributed by atoms with van der Waals surface area (Å²) in [5, 5.41) is 3.94. The lowest BCUT2D eigenvalue weighted by molar-refractivity contribution is -0.107. The van der Waals surface area contributed by atoms with Crippen LogP contribution in [0, 0.1) is 0 Å². The van der Waals surface area contributed by atoms with E-state index in [1.807, 2.05) is 0 Å². The van der Waals surface area contributed by atoms with Crippen LogP contribution in [0.1, 0.15) is 37.9 Å². The van der Waals surface area contributed by atoms with Crippen LogP contribution in [0.5, 0.6) is 0 Å². The molecule has 0 N–H and O–H groups in total. The summed E-state index contributed by atoms with van der Waals surface area (Å²) in [4.78, 5) is 17.0. The van der Waals surface area contributed by atoms with Crippen molar-refractivity contribution < 1.29 is 9.32 Å². The third-order valence-electron chi connectivity index (χ3n) is 3.06. The fourth-order valence-corrected chi connectivity index (χ4v) is 2.06. The summed E-state index contributed by atoms with van der Waals surface area (Å²) in [5.74, 6) is 1.53. The maximum absolute atomic E-state index is 10.3. The molecule has 0 radical (unpaired) electrons. The zero-order chi connectivity index (χ0) is 11.5. The lowest BCUT2D eigenvalue weighted by Gasteiger charge is -2.19. The lowest BCUT2D eigenvalue weighted by Crippen LogP contribution is -2.28. The standard InChI is InChI=1S/C11H17N3O2/c1-8(2)14-5-3-9(7-14)11-12-10(4-6-15)16-13-11/h6,8-9H,3-5,7H2,1-2H3. The van der Waals surface area contributed by atoms with Gasteiger partial charge in [-0.3, -0.25) is 0 Å². The first-order valence-corrected chi connectivity index (χ1v) is 5.71. The van der Waals surface area contributed by atoms with Gasteiger partial charge in [0.1, 0.15) is 6.29 Å². The van der Waals surface area contributed by atoms with Crippen molar-refractivity contribution in [3.05, 3.63) is 11.7 Å². The summed E-state index contributed by atoms with van der Waals surface area (Å²) in [6, 6.07) is 0.561. The zero-order valence-corrected chi connectivity index (χ0v) is 9.72. The molecule has 5 heteroatoms. The van der Waals surface area contributed by atoms with Gasteiger partial charge < -0.3 is 14.2 Å². The first kappa shape index (κ1) is 11.3. The molecule has 0 amide bonds. The van der Waals surface area contributed by atoms with Gasteiger partial charge in [0.05, 0.1) is 6.42 Å². The topological polar surface area (TPSA) is 59.2 Å². The van der Waals surface area contributed by atoms with Gasteiger partial charge in [-0.15, -0.1) is 0 Å². The van der Waals surface area contributed by atoms with E-state index in [2.05, 4.69) is 28.9 Å². The van der Waals surface area contributed by atoms with Crippen LogP contribution in [0.25, 0.3) is 0 Å². The van der Waals surface area contributed by atoms with Crippen LogP contribution in [0.4, 0.5) is 0 Å². The van der Waals surface area contributed by atoms with E-state index < -0.39 is 0 Å². The predicted molar refractivity (Wildman–Crippen MR) is 58.1 cm³/mol. The normalized spacial score (nSPS) is 21.8. The Balaban J connectivity index is 2.00. The molecule has 0 aromatic carbocycles. The summed E-state index contributed by atoms with van der Waals surface area (Å²) in [6.07, 6.45) is 2.07. The number of aldehydes is 1. The van der Waals surface area contributed by atoms with Crippen LogP contribution in [-0.4, -0.2) is 40.5 Å². The zero-order valence-electron chi connectivity index (χ0n) is 9.72. The highest BCUT2D eigenvalue weighted by molar-refractivity contribution is 5.52. The van der Waals surface area contributed by atoms with Gasteiger partial charge in [-0.2, -0.15) is 4.98 Å². The molecule has 5 nitrogen and oxygen atoms in total. The van der Waals surface area contributed by atoms with Crippen LogP contribution in [0.2, 0.25) is 0 Å². The van der Waals surface area contributed by atoms with E-state index >= 15 is 0 Å². The van der Waals surface area contributed by atoms with Crippen molar-refractivity contribution in [3.8, 4) is 0 Å². The molecule has 0 spiro atoms. The molecule has 2 rings (SSSR count). The monoisotopic (exact) mass is 223 g/mol. The average Bonchev–Trinajstić information content (AvgIpc) is 2.84. The Labute approximate surface area is 94.8 Å². The minimum absolute atomic E-state index is 0.216. The van der Waals surface area contributed by atoms with Gasteiger partial charge in [-0.25, -0.2) is 0 Å². The third kappa shape index (κ3) is 2.29. The van der Waals surface area contributed by atoms with Crippen molar-refractivity contribution in [2.24, 2.45) is 0 Å². The molecular formula is C11H17N3O2. The number of rotatable bonds is 4. The second-order valence-corrected chi connectivity index (χ2v) is 4.49. The van der Waals surface area contributed by atoms with E-state index in [1.54, 1.807) is 0 Å². The van der Waals surface area contributed by atoms with Crippen LogP contribution in [0.15, 0.2) is 4.52 Å². The van der Waals surface area contributed by atoms with Gasteiger partial charge in [-0.1, -0.05) is 5.16 Å². The van der Waals surface area contributed by atoms with Crippen molar-refractivity contribution in [1.29, 1.82) is 0 Å². The Kier molecular flexibility index (Phi) is 3.33. The smallest absolute Gasteiger partial charge is 0.233 e. The Morgan fingerprint density at radius 3 is 3.06 bits per heavy atom. The van der Waals surface area contributed by atoms with Crippen LogP contribution in [-0.2, 0) is 11.2 Å². The third-order valence-corrected chi connectivity index (χ3v) is 3.06. The number of carbonyl (C=O) groups is 1. The van der Waals surface area contributed by atoms with Crippen molar-refractivity contribution in [2.45, 2.75) is 38.6 Å². The minimum Gasteiger partial charge on any atom is -0.339 e. The number of aromatic nitrogens is 2. The molecule has 88 valence electrons. The van der Waals surface area contributed by atoms with Gasteiger partial charge >= 0.3 is 0 Å². The Bertz CT molecular complexity index is 362. The van der Waals surface area contributed by atoms with E-state index in [0.29, 0.717) is 17.9 Å². The summed E-state index contributed by atoms with van der Waals surface area (Å²) >= 11 is 0. The van der Waals surface area contributed by atoms with Crippen molar-refractivity contribution in [1.82, 2.24) is 15.0 Å². The summed E-state index contributed by atoms with van der Waals surface area (Å²) < 4.78 is 5.00. The molecule has 1 fully saturated rings. The van der Waals surface area contributed by atoms with Crippen molar-refractivity contribution >= 4 is 6.29 Å². The number of carbonyl (C=O) groups excluding carboxylic acids is 1. The van der Waals surface area contributed by atoms with Crippen molar-refractivity contribution in [2.75, 3.05) is 13.1 Å². The Morgan fingerprint density at radius 2 is 2.44 bits per heavy atom. The maximum atomic E-state index is 10.3. The van der Waals surface area contributed by atoms with Gasteiger partial charge in [0, 0.05) is 18.5 Å². The highest BCUT2D eigenvalue weighted by Gasteiger charge is 2.28. The molecule has 1 aliphatic rings. The van der Waals surface area contributed by atoms with E-state index in [0.717, 1.165) is 31.6 Å². The number of hydrogen-bond acceptors (Lipinski definition) is 5. The largest absolute Gasteiger partial charge is 0.339 e. The molecule has 1 unspecified atom stereocenters.